The summed E-state index contributed by atoms with van der Waals surface area (Å²) in [5, 5.41) is 0. The molecule has 0 heterocycles. The van der Waals surface area contributed by atoms with E-state index in [9.17, 15) is 0 Å². The molecule has 11 heavy (non-hydrogen) atoms. The third-order valence-electron chi connectivity index (χ3n) is 0. The van der Waals surface area contributed by atoms with Gasteiger partial charge in [-0.2, -0.15) is 0 Å². The molecule has 0 amide bonds. The summed E-state index contributed by atoms with van der Waals surface area (Å²) in [6.07, 6.45) is 0. The van der Waals surface area contributed by atoms with E-state index in [1.54, 1.807) is 0 Å². The van der Waals surface area contributed by atoms with Crippen LogP contribution in [0, 0.1) is 0 Å². The predicted molar refractivity (Wildman–Crippen MR) is 45.4 cm³/mol. The van der Waals surface area contributed by atoms with Crippen molar-refractivity contribution in [1.82, 2.24) is 0 Å². The van der Waals surface area contributed by atoms with E-state index in [2.05, 4.69) is 23.1 Å². The van der Waals surface area contributed by atoms with Gasteiger partial charge in [-0.1, -0.05) is 0 Å². The first-order valence-electron chi connectivity index (χ1n) is 2.98. The van der Waals surface area contributed by atoms with Crippen LogP contribution in [0.1, 0.15) is 0 Å². The average Bonchev–Trinajstić information content (AvgIpc) is 1.62. The molecule has 0 aromatic heterocycles. The Labute approximate surface area is 81.4 Å². The third kappa shape index (κ3) is 999. The standard InChI is InChI=1S/4CH3.2Al.H2O4S/c;;;;;;1-5(2,3)4/h4*1H3;;;(H2,1,2,3,4)/q;;;;2*+1;/p-2. The van der Waals surface area contributed by atoms with E-state index in [4.69, 9.17) is 17.5 Å². The molecule has 0 unspecified atom stereocenters. The van der Waals surface area contributed by atoms with E-state index in [0.29, 0.717) is 0 Å². The second-order valence-electron chi connectivity index (χ2n) is 1.56. The van der Waals surface area contributed by atoms with Crippen LogP contribution in [0.15, 0.2) is 0 Å². The van der Waals surface area contributed by atoms with Crippen molar-refractivity contribution in [2.24, 2.45) is 0 Å². The molecule has 0 radical (unpaired) electrons. The second-order valence-corrected chi connectivity index (χ2v) is 4.69. The fourth-order valence-electron chi connectivity index (χ4n) is 0. The van der Waals surface area contributed by atoms with Crippen molar-refractivity contribution in [3.05, 3.63) is 0 Å². The van der Waals surface area contributed by atoms with E-state index in [1.807, 2.05) is 0 Å². The molecular formula is C4H12Al2O4S. The van der Waals surface area contributed by atoms with Crippen LogP contribution in [0.5, 0.6) is 0 Å². The van der Waals surface area contributed by atoms with Gasteiger partial charge in [-0.3, -0.25) is 8.42 Å². The summed E-state index contributed by atoms with van der Waals surface area (Å²) in [5.41, 5.74) is 0. The van der Waals surface area contributed by atoms with Crippen LogP contribution in [0.3, 0.4) is 0 Å². The Morgan fingerprint density at radius 2 is 0.909 bits per heavy atom. The molecule has 0 saturated heterocycles. The second kappa shape index (κ2) is 13.5. The fraction of sp³-hybridized carbons (Fsp3) is 1.00. The first kappa shape index (κ1) is 17.9. The van der Waals surface area contributed by atoms with Gasteiger partial charge in [0.1, 0.15) is 0 Å². The van der Waals surface area contributed by atoms with E-state index in [0.717, 1.165) is 30.4 Å². The van der Waals surface area contributed by atoms with E-state index in [1.165, 1.54) is 0 Å². The van der Waals surface area contributed by atoms with Crippen LogP contribution in [0.25, 0.3) is 0 Å². The summed E-state index contributed by atoms with van der Waals surface area (Å²) in [6.45, 7) is 0. The Morgan fingerprint density at radius 1 is 0.909 bits per heavy atom. The van der Waals surface area contributed by atoms with Crippen LogP contribution < -0.4 is 0 Å². The zero-order valence-electron chi connectivity index (χ0n) is 7.20. The van der Waals surface area contributed by atoms with Crippen molar-refractivity contribution in [2.75, 3.05) is 0 Å². The van der Waals surface area contributed by atoms with Crippen molar-refractivity contribution in [3.63, 3.8) is 0 Å². The van der Waals surface area contributed by atoms with Crippen LogP contribution in [-0.2, 0) is 10.4 Å². The Kier molecular flexibility index (Phi) is 22.0. The molecule has 0 atom stereocenters. The molecule has 0 aromatic carbocycles. The minimum absolute atomic E-state index is 0.750. The first-order valence-corrected chi connectivity index (χ1v) is 8.93. The number of hydrogen-bond acceptors (Lipinski definition) is 4. The minimum atomic E-state index is -5.17. The van der Waals surface area contributed by atoms with Gasteiger partial charge >= 0.3 is 53.6 Å². The Morgan fingerprint density at radius 3 is 0.909 bits per heavy atom. The van der Waals surface area contributed by atoms with E-state index in [-0.39, 0.29) is 0 Å². The Hall–Kier alpha value is 0.935. The van der Waals surface area contributed by atoms with E-state index >= 15 is 0 Å². The molecule has 0 rings (SSSR count). The van der Waals surface area contributed by atoms with Gasteiger partial charge in [0.2, 0.25) is 0 Å². The molecule has 0 N–H and O–H groups in total. The Balaban J connectivity index is -0.0000000933. The molecule has 0 spiro atoms. The molecule has 0 aliphatic rings. The van der Waals surface area contributed by atoms with Gasteiger partial charge in [0.15, 0.2) is 0 Å². The summed E-state index contributed by atoms with van der Waals surface area (Å²) in [7, 11) is -5.17. The summed E-state index contributed by atoms with van der Waals surface area (Å²) >= 11 is 1.50. The van der Waals surface area contributed by atoms with E-state index < -0.39 is 10.4 Å². The molecule has 0 aliphatic carbocycles. The van der Waals surface area contributed by atoms with Crippen molar-refractivity contribution in [1.29, 1.82) is 0 Å². The van der Waals surface area contributed by atoms with Crippen LogP contribution in [0.2, 0.25) is 23.1 Å². The third-order valence-corrected chi connectivity index (χ3v) is 0. The van der Waals surface area contributed by atoms with Gasteiger partial charge < -0.3 is 9.11 Å². The van der Waals surface area contributed by atoms with Crippen molar-refractivity contribution in [2.45, 2.75) is 23.1 Å². The van der Waals surface area contributed by atoms with Gasteiger partial charge in [-0.05, 0) is 0 Å². The number of hydrogen-bond donors (Lipinski definition) is 0. The van der Waals surface area contributed by atoms with Gasteiger partial charge in [0.05, 0.1) is 0 Å². The van der Waals surface area contributed by atoms with Gasteiger partial charge in [-0.15, -0.1) is 0 Å². The topological polar surface area (TPSA) is 80.3 Å². The zero-order valence-corrected chi connectivity index (χ0v) is 10.3. The molecule has 0 aliphatic heterocycles. The maximum atomic E-state index is 8.52. The van der Waals surface area contributed by atoms with Gasteiger partial charge in [0.25, 0.3) is 0 Å². The summed E-state index contributed by atoms with van der Waals surface area (Å²) in [5.74, 6) is 8.83. The van der Waals surface area contributed by atoms with Gasteiger partial charge in [-0.25, -0.2) is 0 Å². The van der Waals surface area contributed by atoms with Crippen molar-refractivity contribution < 1.29 is 17.5 Å². The maximum absolute atomic E-state index is 8.52. The molecule has 0 saturated carbocycles. The quantitative estimate of drug-likeness (QED) is 0.325. The molecule has 7 heteroatoms. The zero-order chi connectivity index (χ0) is 9.91. The molecule has 0 aromatic rings. The van der Waals surface area contributed by atoms with Crippen LogP contribution in [-0.4, -0.2) is 48.0 Å². The number of rotatable bonds is 0. The average molecular weight is 210 g/mol. The Bertz CT molecular complexity index is 123. The molecule has 64 valence electrons. The van der Waals surface area contributed by atoms with Crippen molar-refractivity contribution >= 4 is 40.8 Å². The molecular weight excluding hydrogens is 198 g/mol. The van der Waals surface area contributed by atoms with Crippen LogP contribution in [0.4, 0.5) is 0 Å². The molecule has 4 nitrogen and oxygen atoms in total. The van der Waals surface area contributed by atoms with Crippen LogP contribution >= 0.6 is 0 Å². The summed E-state index contributed by atoms with van der Waals surface area (Å²) in [4.78, 5) is 0. The SMILES string of the molecule is O=S(=O)([O-])[O-].[CH3][Al+][CH3].[CH3][Al+][CH3]. The first-order chi connectivity index (χ1) is 4.83. The summed E-state index contributed by atoms with van der Waals surface area (Å²) in [6, 6.07) is 0. The monoisotopic (exact) mass is 210 g/mol. The summed E-state index contributed by atoms with van der Waals surface area (Å²) < 4.78 is 34.1. The predicted octanol–water partition coefficient (Wildman–Crippen LogP) is 0.236. The van der Waals surface area contributed by atoms with Crippen molar-refractivity contribution in [3.8, 4) is 0 Å². The molecule has 0 fully saturated rings. The van der Waals surface area contributed by atoms with Gasteiger partial charge in [0, 0.05) is 10.4 Å². The normalized spacial score (nSPS) is 7.09. The molecule has 0 bridgehead atoms. The fourth-order valence-corrected chi connectivity index (χ4v) is 0.